The molecule has 0 aromatic heterocycles. The Morgan fingerprint density at radius 1 is 1.31 bits per heavy atom. The summed E-state index contributed by atoms with van der Waals surface area (Å²) in [5.74, 6) is -1.33. The third-order valence-electron chi connectivity index (χ3n) is 1.72. The fourth-order valence-corrected chi connectivity index (χ4v) is 1.15. The van der Waals surface area contributed by atoms with Gasteiger partial charge in [0.1, 0.15) is 5.82 Å². The lowest BCUT2D eigenvalue weighted by Gasteiger charge is -2.06. The first-order valence-corrected chi connectivity index (χ1v) is 5.07. The zero-order chi connectivity index (χ0) is 12.0. The van der Waals surface area contributed by atoms with Crippen molar-refractivity contribution in [2.45, 2.75) is 6.42 Å². The minimum atomic E-state index is -0.581. The molecule has 0 aliphatic rings. The molecule has 0 saturated carbocycles. The van der Waals surface area contributed by atoms with Crippen molar-refractivity contribution in [2.24, 2.45) is 0 Å². The van der Waals surface area contributed by atoms with Crippen LogP contribution in [0, 0.1) is 5.82 Å². The van der Waals surface area contributed by atoms with Crippen LogP contribution in [0.2, 0.25) is 0 Å². The molecule has 0 atom stereocenters. The predicted octanol–water partition coefficient (Wildman–Crippen LogP) is 1.22. The summed E-state index contributed by atoms with van der Waals surface area (Å²) in [5.41, 5.74) is 4.43. The highest BCUT2D eigenvalue weighted by atomic mass is 35.5. The maximum absolute atomic E-state index is 12.8. The third-order valence-corrected chi connectivity index (χ3v) is 1.91. The minimum Gasteiger partial charge on any atom is -0.273 e. The van der Waals surface area contributed by atoms with Crippen molar-refractivity contribution in [3.05, 3.63) is 35.6 Å². The highest BCUT2D eigenvalue weighted by Crippen LogP contribution is 2.02. The van der Waals surface area contributed by atoms with Crippen LogP contribution in [-0.2, 0) is 4.79 Å². The Balaban J connectivity index is 2.50. The number of alkyl halides is 1. The third kappa shape index (κ3) is 3.86. The maximum atomic E-state index is 12.8. The molecule has 1 rings (SSSR count). The van der Waals surface area contributed by atoms with Crippen molar-refractivity contribution in [2.75, 3.05) is 5.88 Å². The number of carbonyl (C=O) groups excluding carboxylic acids is 2. The number of hydrogen-bond acceptors (Lipinski definition) is 2. The van der Waals surface area contributed by atoms with E-state index in [1.807, 2.05) is 0 Å². The fourth-order valence-electron chi connectivity index (χ4n) is 0.977. The second kappa shape index (κ2) is 6.07. The lowest BCUT2D eigenvalue weighted by atomic mass is 10.2. The molecular formula is C10H10ClFN2O2. The van der Waals surface area contributed by atoms with E-state index in [4.69, 9.17) is 11.6 Å². The number of hydrogen-bond donors (Lipinski definition) is 2. The van der Waals surface area contributed by atoms with Gasteiger partial charge in [-0.05, 0) is 18.2 Å². The van der Waals surface area contributed by atoms with E-state index in [-0.39, 0.29) is 17.9 Å². The molecule has 0 saturated heterocycles. The molecule has 0 aliphatic carbocycles. The monoisotopic (exact) mass is 244 g/mol. The summed E-state index contributed by atoms with van der Waals surface area (Å²) in [6, 6.07) is 5.14. The molecule has 0 aliphatic heterocycles. The minimum absolute atomic E-state index is 0.102. The van der Waals surface area contributed by atoms with Gasteiger partial charge in [0.25, 0.3) is 5.91 Å². The van der Waals surface area contributed by atoms with E-state index >= 15 is 0 Å². The number of halogens is 2. The van der Waals surface area contributed by atoms with Crippen LogP contribution in [0.3, 0.4) is 0 Å². The van der Waals surface area contributed by atoms with E-state index in [1.54, 1.807) is 0 Å². The highest BCUT2D eigenvalue weighted by molar-refractivity contribution is 6.18. The molecule has 1 aromatic rings. The molecule has 86 valence electrons. The van der Waals surface area contributed by atoms with Crippen LogP contribution < -0.4 is 10.9 Å². The quantitative estimate of drug-likeness (QED) is 0.620. The molecule has 6 heteroatoms. The van der Waals surface area contributed by atoms with Crippen molar-refractivity contribution in [3.8, 4) is 0 Å². The molecule has 16 heavy (non-hydrogen) atoms. The van der Waals surface area contributed by atoms with Gasteiger partial charge < -0.3 is 0 Å². The first-order valence-electron chi connectivity index (χ1n) is 4.54. The highest BCUT2D eigenvalue weighted by Gasteiger charge is 2.07. The Hall–Kier alpha value is -1.62. The van der Waals surface area contributed by atoms with Gasteiger partial charge in [0.15, 0.2) is 0 Å². The number of nitrogens with one attached hydrogen (secondary N) is 2. The van der Waals surface area contributed by atoms with Crippen LogP contribution in [0.5, 0.6) is 0 Å². The van der Waals surface area contributed by atoms with Gasteiger partial charge in [0.2, 0.25) is 5.91 Å². The summed E-state index contributed by atoms with van der Waals surface area (Å²) >= 11 is 5.33. The zero-order valence-electron chi connectivity index (χ0n) is 8.30. The van der Waals surface area contributed by atoms with Gasteiger partial charge in [-0.15, -0.1) is 11.6 Å². The van der Waals surface area contributed by atoms with Gasteiger partial charge in [-0.2, -0.15) is 0 Å². The van der Waals surface area contributed by atoms with Crippen LogP contribution in [0.4, 0.5) is 4.39 Å². The molecule has 0 heterocycles. The van der Waals surface area contributed by atoms with Gasteiger partial charge in [-0.1, -0.05) is 6.07 Å². The van der Waals surface area contributed by atoms with Gasteiger partial charge in [-0.25, -0.2) is 4.39 Å². The van der Waals surface area contributed by atoms with Gasteiger partial charge in [0.05, 0.1) is 0 Å². The normalized spacial score (nSPS) is 9.62. The molecule has 0 bridgehead atoms. The fraction of sp³-hybridized carbons (Fsp3) is 0.200. The Morgan fingerprint density at radius 2 is 2.06 bits per heavy atom. The van der Waals surface area contributed by atoms with Crippen LogP contribution in [0.1, 0.15) is 16.8 Å². The number of rotatable bonds is 3. The molecule has 1 aromatic carbocycles. The molecule has 2 amide bonds. The predicted molar refractivity (Wildman–Crippen MR) is 57.3 cm³/mol. The molecule has 0 fully saturated rings. The Bertz CT molecular complexity index is 398. The molecular weight excluding hydrogens is 235 g/mol. The SMILES string of the molecule is O=C(CCCl)NNC(=O)c1cccc(F)c1. The van der Waals surface area contributed by atoms with Gasteiger partial charge in [0, 0.05) is 17.9 Å². The second-order valence-electron chi connectivity index (χ2n) is 2.95. The molecule has 0 spiro atoms. The average molecular weight is 245 g/mol. The smallest absolute Gasteiger partial charge is 0.269 e. The molecule has 4 nitrogen and oxygen atoms in total. The van der Waals surface area contributed by atoms with Crippen LogP contribution in [-0.4, -0.2) is 17.7 Å². The number of amides is 2. The summed E-state index contributed by atoms with van der Waals surface area (Å²) < 4.78 is 12.8. The Kier molecular flexibility index (Phi) is 4.72. The number of carbonyl (C=O) groups is 2. The topological polar surface area (TPSA) is 58.2 Å². The summed E-state index contributed by atoms with van der Waals surface area (Å²) in [6.45, 7) is 0. The second-order valence-corrected chi connectivity index (χ2v) is 3.33. The molecule has 0 radical (unpaired) electrons. The van der Waals surface area contributed by atoms with Crippen molar-refractivity contribution in [1.29, 1.82) is 0 Å². The summed E-state index contributed by atoms with van der Waals surface area (Å²) in [7, 11) is 0. The van der Waals surface area contributed by atoms with E-state index < -0.39 is 17.6 Å². The Labute approximate surface area is 96.8 Å². The standard InChI is InChI=1S/C10H10ClFN2O2/c11-5-4-9(15)13-14-10(16)7-2-1-3-8(12)6-7/h1-3,6H,4-5H2,(H,13,15)(H,14,16). The number of benzene rings is 1. The van der Waals surface area contributed by atoms with Crippen molar-refractivity contribution in [1.82, 2.24) is 10.9 Å². The lowest BCUT2D eigenvalue weighted by Crippen LogP contribution is -2.41. The van der Waals surface area contributed by atoms with E-state index in [1.165, 1.54) is 18.2 Å². The molecule has 2 N–H and O–H groups in total. The van der Waals surface area contributed by atoms with Gasteiger partial charge in [-0.3, -0.25) is 20.4 Å². The van der Waals surface area contributed by atoms with E-state index in [9.17, 15) is 14.0 Å². The van der Waals surface area contributed by atoms with Crippen molar-refractivity contribution in [3.63, 3.8) is 0 Å². The van der Waals surface area contributed by atoms with E-state index in [0.29, 0.717) is 0 Å². The summed E-state index contributed by atoms with van der Waals surface area (Å²) in [6.07, 6.45) is 0.102. The number of hydrazine groups is 1. The molecule has 0 unspecified atom stereocenters. The summed E-state index contributed by atoms with van der Waals surface area (Å²) in [5, 5.41) is 0. The van der Waals surface area contributed by atoms with E-state index in [2.05, 4.69) is 10.9 Å². The van der Waals surface area contributed by atoms with Crippen LogP contribution in [0.15, 0.2) is 24.3 Å². The van der Waals surface area contributed by atoms with Crippen LogP contribution >= 0.6 is 11.6 Å². The van der Waals surface area contributed by atoms with Crippen molar-refractivity contribution < 1.29 is 14.0 Å². The first kappa shape index (κ1) is 12.4. The zero-order valence-corrected chi connectivity index (χ0v) is 9.05. The van der Waals surface area contributed by atoms with Crippen LogP contribution in [0.25, 0.3) is 0 Å². The summed E-state index contributed by atoms with van der Waals surface area (Å²) in [4.78, 5) is 22.3. The largest absolute Gasteiger partial charge is 0.273 e. The first-order chi connectivity index (χ1) is 7.63. The Morgan fingerprint density at radius 3 is 2.69 bits per heavy atom. The average Bonchev–Trinajstić information content (AvgIpc) is 2.26. The maximum Gasteiger partial charge on any atom is 0.269 e. The van der Waals surface area contributed by atoms with Gasteiger partial charge >= 0.3 is 0 Å². The van der Waals surface area contributed by atoms with Crippen molar-refractivity contribution >= 4 is 23.4 Å². The lowest BCUT2D eigenvalue weighted by molar-refractivity contribution is -0.121. The van der Waals surface area contributed by atoms with E-state index in [0.717, 1.165) is 6.07 Å².